The Morgan fingerprint density at radius 1 is 1.23 bits per heavy atom. The van der Waals surface area contributed by atoms with Crippen molar-refractivity contribution >= 4 is 11.5 Å². The van der Waals surface area contributed by atoms with Crippen LogP contribution >= 0.6 is 0 Å². The van der Waals surface area contributed by atoms with Gasteiger partial charge in [-0.3, -0.25) is 4.79 Å². The second-order valence-corrected chi connectivity index (χ2v) is 8.21. The van der Waals surface area contributed by atoms with E-state index in [0.717, 1.165) is 29.0 Å². The number of allylic oxidation sites excluding steroid dienone is 7. The first-order valence-electron chi connectivity index (χ1n) is 10.7. The van der Waals surface area contributed by atoms with E-state index in [-0.39, 0.29) is 23.7 Å². The van der Waals surface area contributed by atoms with Crippen LogP contribution in [0.25, 0.3) is 5.57 Å². The zero-order valence-electron chi connectivity index (χ0n) is 19.2. The summed E-state index contributed by atoms with van der Waals surface area (Å²) in [4.78, 5) is 16.7. The molecule has 0 aromatic heterocycles. The van der Waals surface area contributed by atoms with Crippen LogP contribution in [0.4, 0.5) is 4.39 Å². The third-order valence-electron chi connectivity index (χ3n) is 5.71. The molecule has 0 aliphatic carbocycles. The van der Waals surface area contributed by atoms with Crippen LogP contribution in [0.15, 0.2) is 65.9 Å². The van der Waals surface area contributed by atoms with E-state index in [4.69, 9.17) is 0 Å². The smallest absolute Gasteiger partial charge is 0.225 e. The second kappa shape index (κ2) is 10.4. The van der Waals surface area contributed by atoms with E-state index in [1.54, 1.807) is 12.1 Å². The van der Waals surface area contributed by atoms with Crippen LogP contribution < -0.4 is 0 Å². The van der Waals surface area contributed by atoms with Crippen molar-refractivity contribution < 1.29 is 9.18 Å². The highest BCUT2D eigenvalue weighted by atomic mass is 19.1. The summed E-state index contributed by atoms with van der Waals surface area (Å²) in [6, 6.07) is 7.06. The molecule has 3 nitrogen and oxygen atoms in total. The summed E-state index contributed by atoms with van der Waals surface area (Å²) in [5, 5.41) is 0. The molecule has 0 unspecified atom stereocenters. The molecule has 1 aliphatic rings. The van der Waals surface area contributed by atoms with Gasteiger partial charge in [0, 0.05) is 48.4 Å². The first kappa shape index (κ1) is 23.7. The number of rotatable bonds is 6. The van der Waals surface area contributed by atoms with E-state index < -0.39 is 0 Å². The van der Waals surface area contributed by atoms with E-state index in [2.05, 4.69) is 25.3 Å². The molecule has 1 aromatic rings. The molecule has 1 fully saturated rings. The first-order valence-corrected chi connectivity index (χ1v) is 10.7. The van der Waals surface area contributed by atoms with Crippen molar-refractivity contribution in [3.63, 3.8) is 0 Å². The molecule has 1 atom stereocenters. The molecule has 162 valence electrons. The molecule has 0 saturated carbocycles. The van der Waals surface area contributed by atoms with Crippen LogP contribution in [0, 0.1) is 11.7 Å². The molecular weight excluding hydrogens is 375 g/mol. The van der Waals surface area contributed by atoms with E-state index in [1.165, 1.54) is 6.07 Å². The van der Waals surface area contributed by atoms with Crippen molar-refractivity contribution in [2.24, 2.45) is 5.92 Å². The van der Waals surface area contributed by atoms with Gasteiger partial charge in [0.2, 0.25) is 5.91 Å². The van der Waals surface area contributed by atoms with Gasteiger partial charge in [0.1, 0.15) is 5.82 Å². The van der Waals surface area contributed by atoms with Crippen LogP contribution in [0.1, 0.15) is 47.1 Å². The third kappa shape index (κ3) is 5.10. The Kier molecular flexibility index (Phi) is 8.22. The first-order chi connectivity index (χ1) is 14.2. The van der Waals surface area contributed by atoms with E-state index in [9.17, 15) is 9.18 Å². The van der Waals surface area contributed by atoms with Gasteiger partial charge >= 0.3 is 0 Å². The maximum absolute atomic E-state index is 14.7. The van der Waals surface area contributed by atoms with Gasteiger partial charge in [0.05, 0.1) is 0 Å². The van der Waals surface area contributed by atoms with Crippen molar-refractivity contribution in [2.75, 3.05) is 19.6 Å². The minimum absolute atomic E-state index is 0.00408. The Labute approximate surface area is 181 Å². The van der Waals surface area contributed by atoms with Crippen LogP contribution in [-0.2, 0) is 4.79 Å². The topological polar surface area (TPSA) is 23.6 Å². The Morgan fingerprint density at radius 3 is 2.43 bits per heavy atom. The predicted molar refractivity (Wildman–Crippen MR) is 124 cm³/mol. The van der Waals surface area contributed by atoms with Crippen molar-refractivity contribution in [2.45, 2.75) is 47.6 Å². The highest BCUT2D eigenvalue weighted by molar-refractivity contribution is 5.84. The molecule has 4 heteroatoms. The van der Waals surface area contributed by atoms with Crippen LogP contribution in [0.2, 0.25) is 0 Å². The summed E-state index contributed by atoms with van der Waals surface area (Å²) >= 11 is 0. The Balaban J connectivity index is 2.50. The molecule has 1 aromatic carbocycles. The standard InChI is InChI=1S/C26H35FN2O/c1-8-12-19(5)25(22(9-2)23-13-10-11-14-24(23)27)21(7)29-16-15-28(17-20(29)6)26(30)18(3)4/h8-14,18,20H,1,15-17H2,2-7H3/b19-12-,22-9-,25-21-/t20-/m0/s1. The number of halogens is 1. The maximum atomic E-state index is 14.7. The fourth-order valence-corrected chi connectivity index (χ4v) is 4.23. The number of hydrogen-bond acceptors (Lipinski definition) is 2. The Bertz CT molecular complexity index is 879. The monoisotopic (exact) mass is 410 g/mol. The Morgan fingerprint density at radius 2 is 1.90 bits per heavy atom. The average molecular weight is 411 g/mol. The maximum Gasteiger partial charge on any atom is 0.225 e. The zero-order chi connectivity index (χ0) is 22.4. The summed E-state index contributed by atoms with van der Waals surface area (Å²) in [5.74, 6) is -0.0290. The average Bonchev–Trinajstić information content (AvgIpc) is 2.71. The number of amides is 1. The van der Waals surface area contributed by atoms with Gasteiger partial charge in [-0.1, -0.05) is 56.9 Å². The van der Waals surface area contributed by atoms with Crippen molar-refractivity contribution in [3.05, 3.63) is 77.3 Å². The normalized spacial score (nSPS) is 19.1. The van der Waals surface area contributed by atoms with E-state index >= 15 is 0 Å². The quantitative estimate of drug-likeness (QED) is 0.551. The minimum Gasteiger partial charge on any atom is -0.368 e. The number of nitrogens with zero attached hydrogens (tertiary/aromatic N) is 2. The molecule has 1 saturated heterocycles. The SMILES string of the molecule is C=C\C=C(C)/C(=C(\C)N1CCN(C(=O)C(C)C)C[C@@H]1C)C(=C\C)/c1ccccc1F. The number of benzene rings is 1. The molecular formula is C26H35FN2O. The fourth-order valence-electron chi connectivity index (χ4n) is 4.23. The number of carbonyl (C=O) groups is 1. The lowest BCUT2D eigenvalue weighted by molar-refractivity contribution is -0.136. The minimum atomic E-state index is -0.234. The summed E-state index contributed by atoms with van der Waals surface area (Å²) in [5.41, 5.74) is 4.59. The van der Waals surface area contributed by atoms with Gasteiger partial charge in [-0.15, -0.1) is 0 Å². The summed E-state index contributed by atoms with van der Waals surface area (Å²) in [6.45, 7) is 18.1. The molecule has 0 N–H and O–H groups in total. The lowest BCUT2D eigenvalue weighted by atomic mass is 9.89. The number of hydrogen-bond donors (Lipinski definition) is 0. The Hall–Kier alpha value is -2.62. The van der Waals surface area contributed by atoms with Crippen molar-refractivity contribution in [1.82, 2.24) is 9.80 Å². The number of piperazine rings is 1. The second-order valence-electron chi connectivity index (χ2n) is 8.21. The summed E-state index contributed by atoms with van der Waals surface area (Å²) in [6.07, 6.45) is 5.70. The molecule has 30 heavy (non-hydrogen) atoms. The molecule has 1 aliphatic heterocycles. The summed E-state index contributed by atoms with van der Waals surface area (Å²) in [7, 11) is 0. The third-order valence-corrected chi connectivity index (χ3v) is 5.71. The highest BCUT2D eigenvalue weighted by Gasteiger charge is 2.29. The van der Waals surface area contributed by atoms with Gasteiger partial charge in [0.25, 0.3) is 0 Å². The molecule has 0 bridgehead atoms. The molecule has 1 amide bonds. The fraction of sp³-hybridized carbons (Fsp3) is 0.423. The van der Waals surface area contributed by atoms with Gasteiger partial charge in [-0.25, -0.2) is 4.39 Å². The molecule has 0 radical (unpaired) electrons. The van der Waals surface area contributed by atoms with Gasteiger partial charge in [0.15, 0.2) is 0 Å². The van der Waals surface area contributed by atoms with Crippen LogP contribution in [-0.4, -0.2) is 41.4 Å². The van der Waals surface area contributed by atoms with E-state index in [1.807, 2.05) is 56.9 Å². The van der Waals surface area contributed by atoms with Crippen LogP contribution in [0.3, 0.4) is 0 Å². The lowest BCUT2D eigenvalue weighted by Gasteiger charge is -2.43. The molecule has 1 heterocycles. The van der Waals surface area contributed by atoms with Crippen LogP contribution in [0.5, 0.6) is 0 Å². The lowest BCUT2D eigenvalue weighted by Crippen LogP contribution is -2.53. The van der Waals surface area contributed by atoms with Gasteiger partial charge in [-0.05, 0) is 44.9 Å². The van der Waals surface area contributed by atoms with Gasteiger partial charge in [-0.2, -0.15) is 0 Å². The number of carbonyl (C=O) groups excluding carboxylic acids is 1. The zero-order valence-corrected chi connectivity index (χ0v) is 19.2. The summed E-state index contributed by atoms with van der Waals surface area (Å²) < 4.78 is 14.7. The van der Waals surface area contributed by atoms with Crippen molar-refractivity contribution in [1.29, 1.82) is 0 Å². The van der Waals surface area contributed by atoms with E-state index in [0.29, 0.717) is 18.7 Å². The molecule has 0 spiro atoms. The van der Waals surface area contributed by atoms with Crippen molar-refractivity contribution in [3.8, 4) is 0 Å². The largest absolute Gasteiger partial charge is 0.368 e. The van der Waals surface area contributed by atoms with Gasteiger partial charge < -0.3 is 9.80 Å². The predicted octanol–water partition coefficient (Wildman–Crippen LogP) is 5.82. The molecule has 2 rings (SSSR count). The highest BCUT2D eigenvalue weighted by Crippen LogP contribution is 2.35.